The number of amides is 2. The molecule has 138 valence electrons. The van der Waals surface area contributed by atoms with E-state index in [9.17, 15) is 9.59 Å². The van der Waals surface area contributed by atoms with Crippen LogP contribution >= 0.6 is 0 Å². The summed E-state index contributed by atoms with van der Waals surface area (Å²) in [6.07, 6.45) is 3.92. The van der Waals surface area contributed by atoms with E-state index >= 15 is 0 Å². The quantitative estimate of drug-likeness (QED) is 0.502. The zero-order chi connectivity index (χ0) is 18.5. The molecule has 0 heterocycles. The van der Waals surface area contributed by atoms with Gasteiger partial charge in [-0.3, -0.25) is 4.90 Å². The number of hydrogen-bond acceptors (Lipinski definition) is 4. The Kier molecular flexibility index (Phi) is 6.81. The molecule has 2 amide bonds. The number of aliphatic imine (C=N–C) groups is 1. The molecule has 0 aliphatic heterocycles. The van der Waals surface area contributed by atoms with Gasteiger partial charge in [0.15, 0.2) is 0 Å². The molecule has 1 fully saturated rings. The predicted molar refractivity (Wildman–Crippen MR) is 94.3 cm³/mol. The SMILES string of the molecule is C/C(=N\C(=O)OC(C)(C)C)N(C(=O)OC(C)(C)C)C1CCCCC1. The summed E-state index contributed by atoms with van der Waals surface area (Å²) >= 11 is 0. The van der Waals surface area contributed by atoms with Crippen molar-refractivity contribution in [2.24, 2.45) is 4.99 Å². The zero-order valence-corrected chi connectivity index (χ0v) is 16.1. The first-order valence-electron chi connectivity index (χ1n) is 8.69. The summed E-state index contributed by atoms with van der Waals surface area (Å²) in [5.41, 5.74) is -1.22. The average molecular weight is 340 g/mol. The molecule has 0 aromatic heterocycles. The lowest BCUT2D eigenvalue weighted by molar-refractivity contribution is 0.0283. The second-order valence-electron chi connectivity index (χ2n) is 8.28. The lowest BCUT2D eigenvalue weighted by Gasteiger charge is -2.35. The molecule has 1 saturated carbocycles. The Hall–Kier alpha value is -1.59. The van der Waals surface area contributed by atoms with E-state index in [1.807, 2.05) is 20.8 Å². The Morgan fingerprint density at radius 3 is 1.88 bits per heavy atom. The molecule has 24 heavy (non-hydrogen) atoms. The van der Waals surface area contributed by atoms with Gasteiger partial charge in [0.2, 0.25) is 0 Å². The Morgan fingerprint density at radius 1 is 0.917 bits per heavy atom. The third-order valence-electron chi connectivity index (χ3n) is 3.53. The molecule has 0 saturated heterocycles. The molecule has 6 nitrogen and oxygen atoms in total. The molecule has 0 radical (unpaired) electrons. The van der Waals surface area contributed by atoms with Crippen LogP contribution in [0, 0.1) is 0 Å². The van der Waals surface area contributed by atoms with Crippen molar-refractivity contribution >= 4 is 18.0 Å². The van der Waals surface area contributed by atoms with Crippen LogP contribution in [-0.4, -0.2) is 40.2 Å². The molecule has 6 heteroatoms. The molecule has 0 spiro atoms. The van der Waals surface area contributed by atoms with Crippen molar-refractivity contribution < 1.29 is 19.1 Å². The van der Waals surface area contributed by atoms with E-state index in [0.29, 0.717) is 5.84 Å². The van der Waals surface area contributed by atoms with Crippen molar-refractivity contribution in [3.8, 4) is 0 Å². The fourth-order valence-corrected chi connectivity index (χ4v) is 2.67. The highest BCUT2D eigenvalue weighted by Crippen LogP contribution is 2.25. The normalized spacial score (nSPS) is 17.4. The van der Waals surface area contributed by atoms with Crippen molar-refractivity contribution in [2.75, 3.05) is 0 Å². The summed E-state index contributed by atoms with van der Waals surface area (Å²) in [4.78, 5) is 30.1. The third-order valence-corrected chi connectivity index (χ3v) is 3.53. The van der Waals surface area contributed by atoms with Crippen molar-refractivity contribution in [1.82, 2.24) is 4.90 Å². The van der Waals surface area contributed by atoms with Crippen LogP contribution in [0.5, 0.6) is 0 Å². The van der Waals surface area contributed by atoms with Crippen molar-refractivity contribution in [3.63, 3.8) is 0 Å². The second-order valence-corrected chi connectivity index (χ2v) is 8.28. The van der Waals surface area contributed by atoms with E-state index in [4.69, 9.17) is 9.47 Å². The fourth-order valence-electron chi connectivity index (χ4n) is 2.67. The van der Waals surface area contributed by atoms with Gasteiger partial charge in [0, 0.05) is 6.04 Å². The number of nitrogens with zero attached hydrogens (tertiary/aromatic N) is 2. The number of hydrogen-bond donors (Lipinski definition) is 0. The minimum absolute atomic E-state index is 0.0137. The molecule has 1 rings (SSSR count). The maximum Gasteiger partial charge on any atom is 0.435 e. The topological polar surface area (TPSA) is 68.2 Å². The Bertz CT molecular complexity index is 480. The lowest BCUT2D eigenvalue weighted by Crippen LogP contribution is -2.47. The van der Waals surface area contributed by atoms with Crippen LogP contribution in [0.3, 0.4) is 0 Å². The van der Waals surface area contributed by atoms with Crippen molar-refractivity contribution in [2.45, 2.75) is 97.8 Å². The molecule has 1 aliphatic rings. The van der Waals surface area contributed by atoms with Gasteiger partial charge in [0.05, 0.1) is 0 Å². The summed E-state index contributed by atoms with van der Waals surface area (Å²) in [6, 6.07) is 0.0137. The van der Waals surface area contributed by atoms with Crippen LogP contribution in [0.1, 0.15) is 80.6 Å². The van der Waals surface area contributed by atoms with Crippen molar-refractivity contribution in [3.05, 3.63) is 0 Å². The Labute approximate surface area is 145 Å². The highest BCUT2D eigenvalue weighted by atomic mass is 16.6. The van der Waals surface area contributed by atoms with E-state index in [2.05, 4.69) is 4.99 Å². The number of carbonyl (C=O) groups excluding carboxylic acids is 2. The summed E-state index contributed by atoms with van der Waals surface area (Å²) in [7, 11) is 0. The van der Waals surface area contributed by atoms with Gasteiger partial charge in [-0.15, -0.1) is 0 Å². The van der Waals surface area contributed by atoms with Gasteiger partial charge in [-0.05, 0) is 61.3 Å². The van der Waals surface area contributed by atoms with Crippen LogP contribution in [0.25, 0.3) is 0 Å². The first-order chi connectivity index (χ1) is 10.9. The third kappa shape index (κ3) is 7.32. The fraction of sp³-hybridized carbons (Fsp3) is 0.833. The van der Waals surface area contributed by atoms with E-state index in [1.54, 1.807) is 27.7 Å². The van der Waals surface area contributed by atoms with Gasteiger partial charge in [0.1, 0.15) is 17.0 Å². The summed E-state index contributed by atoms with van der Waals surface area (Å²) in [5, 5.41) is 0. The van der Waals surface area contributed by atoms with Gasteiger partial charge in [-0.1, -0.05) is 19.3 Å². The number of ether oxygens (including phenoxy) is 2. The summed E-state index contributed by atoms with van der Waals surface area (Å²) in [6.45, 7) is 12.5. The highest BCUT2D eigenvalue weighted by Gasteiger charge is 2.32. The molecule has 0 aromatic rings. The minimum Gasteiger partial charge on any atom is -0.443 e. The summed E-state index contributed by atoms with van der Waals surface area (Å²) in [5.74, 6) is 0.324. The van der Waals surface area contributed by atoms with E-state index in [1.165, 1.54) is 11.3 Å². The summed E-state index contributed by atoms with van der Waals surface area (Å²) < 4.78 is 10.7. The molecular weight excluding hydrogens is 308 g/mol. The molecular formula is C18H32N2O4. The predicted octanol–water partition coefficient (Wildman–Crippen LogP) is 4.91. The van der Waals surface area contributed by atoms with E-state index in [-0.39, 0.29) is 6.04 Å². The number of amidine groups is 1. The Morgan fingerprint density at radius 2 is 1.42 bits per heavy atom. The zero-order valence-electron chi connectivity index (χ0n) is 16.1. The molecule has 1 aliphatic carbocycles. The van der Waals surface area contributed by atoms with Gasteiger partial charge in [0.25, 0.3) is 0 Å². The van der Waals surface area contributed by atoms with Gasteiger partial charge in [-0.2, -0.15) is 4.99 Å². The van der Waals surface area contributed by atoms with E-state index in [0.717, 1.165) is 25.7 Å². The maximum absolute atomic E-state index is 12.6. The van der Waals surface area contributed by atoms with Gasteiger partial charge >= 0.3 is 12.2 Å². The van der Waals surface area contributed by atoms with Crippen LogP contribution in [0.2, 0.25) is 0 Å². The molecule has 0 bridgehead atoms. The standard InChI is InChI=1S/C18H32N2O4/c1-13(19-15(21)23-17(2,3)4)20(14-11-9-8-10-12-14)16(22)24-18(5,6)7/h14H,8-12H2,1-7H3/b19-13+. The molecule has 0 unspecified atom stereocenters. The largest absolute Gasteiger partial charge is 0.443 e. The Balaban J connectivity index is 2.98. The number of carbonyl (C=O) groups is 2. The number of rotatable bonds is 1. The molecule has 0 aromatic carbocycles. The second kappa shape index (κ2) is 7.99. The molecule has 0 N–H and O–H groups in total. The maximum atomic E-state index is 12.6. The van der Waals surface area contributed by atoms with Crippen LogP contribution in [0.15, 0.2) is 4.99 Å². The van der Waals surface area contributed by atoms with Gasteiger partial charge in [-0.25, -0.2) is 9.59 Å². The highest BCUT2D eigenvalue weighted by molar-refractivity contribution is 5.99. The van der Waals surface area contributed by atoms with Gasteiger partial charge < -0.3 is 9.47 Å². The van der Waals surface area contributed by atoms with Crippen LogP contribution in [-0.2, 0) is 9.47 Å². The smallest absolute Gasteiger partial charge is 0.435 e. The first kappa shape index (κ1) is 20.5. The van der Waals surface area contributed by atoms with Crippen molar-refractivity contribution in [1.29, 1.82) is 0 Å². The van der Waals surface area contributed by atoms with E-state index < -0.39 is 23.4 Å². The molecule has 0 atom stereocenters. The first-order valence-corrected chi connectivity index (χ1v) is 8.69. The average Bonchev–Trinajstić information content (AvgIpc) is 2.35. The minimum atomic E-state index is -0.690. The van der Waals surface area contributed by atoms with Crippen LogP contribution < -0.4 is 0 Å². The monoisotopic (exact) mass is 340 g/mol. The lowest BCUT2D eigenvalue weighted by atomic mass is 9.94. The van der Waals surface area contributed by atoms with Crippen LogP contribution in [0.4, 0.5) is 9.59 Å².